The van der Waals surface area contributed by atoms with E-state index in [1.165, 1.54) is 12.1 Å². The molecule has 4 aromatic rings. The van der Waals surface area contributed by atoms with Gasteiger partial charge in [-0.3, -0.25) is 24.5 Å². The predicted octanol–water partition coefficient (Wildman–Crippen LogP) is 4.95. The summed E-state index contributed by atoms with van der Waals surface area (Å²) in [5.74, 6) is 0.00156. The molecule has 46 heavy (non-hydrogen) atoms. The minimum absolute atomic E-state index is 0.0228. The van der Waals surface area contributed by atoms with Crippen LogP contribution in [0.4, 0.5) is 22.7 Å². The molecule has 7 rings (SSSR count). The van der Waals surface area contributed by atoms with Gasteiger partial charge in [-0.15, -0.1) is 0 Å². The molecule has 236 valence electrons. The number of benzene rings is 2. The molecule has 0 spiro atoms. The van der Waals surface area contributed by atoms with Crippen molar-refractivity contribution < 1.29 is 18.9 Å². The van der Waals surface area contributed by atoms with Crippen LogP contribution in [0.3, 0.4) is 0 Å². The van der Waals surface area contributed by atoms with Crippen molar-refractivity contribution in [2.75, 3.05) is 54.4 Å². The summed E-state index contributed by atoms with van der Waals surface area (Å²) in [6.45, 7) is 4.16. The number of amides is 2. The molecule has 2 atom stereocenters. The van der Waals surface area contributed by atoms with E-state index in [-0.39, 0.29) is 34.7 Å². The van der Waals surface area contributed by atoms with Gasteiger partial charge in [-0.2, -0.15) is 0 Å². The lowest BCUT2D eigenvalue weighted by atomic mass is 9.83. The Balaban J connectivity index is 1.12. The second-order valence-corrected chi connectivity index (χ2v) is 12.7. The summed E-state index contributed by atoms with van der Waals surface area (Å²) in [5, 5.41) is 14.0. The number of halogens is 1. The predicted molar refractivity (Wildman–Crippen MR) is 176 cm³/mol. The molecule has 0 unspecified atom stereocenters. The molecule has 1 N–H and O–H groups in total. The maximum atomic E-state index is 13.7. The number of fused-ring (bicyclic) bond motifs is 4. The van der Waals surface area contributed by atoms with E-state index in [9.17, 15) is 24.5 Å². The van der Waals surface area contributed by atoms with Crippen LogP contribution in [0.1, 0.15) is 38.9 Å². The fourth-order valence-electron chi connectivity index (χ4n) is 6.89. The van der Waals surface area contributed by atoms with Gasteiger partial charge in [0, 0.05) is 86.9 Å². The number of nitrogens with zero attached hydrogens (tertiary/aromatic N) is 5. The molecule has 2 aromatic heterocycles. The zero-order valence-corrected chi connectivity index (χ0v) is 26.4. The first-order chi connectivity index (χ1) is 22.2. The summed E-state index contributed by atoms with van der Waals surface area (Å²) < 4.78 is 7.82. The molecule has 3 aliphatic heterocycles. The van der Waals surface area contributed by atoms with Crippen LogP contribution in [-0.2, 0) is 6.54 Å². The van der Waals surface area contributed by atoms with E-state index in [1.54, 1.807) is 41.3 Å². The number of pyridine rings is 1. The van der Waals surface area contributed by atoms with Crippen molar-refractivity contribution in [3.63, 3.8) is 0 Å². The first-order valence-electron chi connectivity index (χ1n) is 15.2. The average molecular weight is 688 g/mol. The lowest BCUT2D eigenvalue weighted by Crippen LogP contribution is -2.49. The van der Waals surface area contributed by atoms with Crippen LogP contribution in [0, 0.1) is 16.0 Å². The molecule has 2 amide bonds. The second kappa shape index (κ2) is 12.1. The highest BCUT2D eigenvalue weighted by Crippen LogP contribution is 2.39. The van der Waals surface area contributed by atoms with E-state index in [0.29, 0.717) is 61.7 Å². The van der Waals surface area contributed by atoms with Crippen molar-refractivity contribution in [1.29, 1.82) is 0 Å². The molecule has 3 aliphatic rings. The van der Waals surface area contributed by atoms with Crippen LogP contribution in [0.5, 0.6) is 0 Å². The van der Waals surface area contributed by atoms with E-state index in [2.05, 4.69) is 31.0 Å². The first kappa shape index (κ1) is 29.8. The minimum Gasteiger partial charge on any atom is -0.444 e. The molecule has 2 bridgehead atoms. The Hall–Kier alpha value is -4.91. The lowest BCUT2D eigenvalue weighted by molar-refractivity contribution is -0.384. The standard InChI is InChI=1S/C33H31BrN6O6/c34-30-11-10-29(46-30)32(42)35-26-17-22(33(43)37-14-12-36(13-15-37)24-5-7-25(8-6-24)40(44)45)4-9-28(26)38-18-21-16-23(20-38)27-2-1-3-31(41)39(27)19-21/h1-11,17,21,23H,12-16,18-20H2,(H,35,42)/t21-,23+/m1/s1. The van der Waals surface area contributed by atoms with Crippen molar-refractivity contribution in [2.45, 2.75) is 18.9 Å². The highest BCUT2D eigenvalue weighted by molar-refractivity contribution is 9.10. The van der Waals surface area contributed by atoms with Gasteiger partial charge in [-0.25, -0.2) is 0 Å². The molecule has 13 heteroatoms. The van der Waals surface area contributed by atoms with Gasteiger partial charge in [0.25, 0.3) is 23.1 Å². The van der Waals surface area contributed by atoms with Gasteiger partial charge >= 0.3 is 0 Å². The lowest BCUT2D eigenvalue weighted by Gasteiger charge is -2.44. The Morgan fingerprint density at radius 1 is 0.913 bits per heavy atom. The van der Waals surface area contributed by atoms with Crippen LogP contribution in [-0.4, -0.2) is 65.5 Å². The van der Waals surface area contributed by atoms with Crippen LogP contribution >= 0.6 is 15.9 Å². The third-order valence-corrected chi connectivity index (χ3v) is 9.53. The molecule has 2 saturated heterocycles. The number of hydrogen-bond acceptors (Lipinski definition) is 8. The molecule has 2 fully saturated rings. The Labute approximate surface area is 272 Å². The van der Waals surface area contributed by atoms with E-state index in [1.807, 2.05) is 28.8 Å². The maximum Gasteiger partial charge on any atom is 0.291 e. The Morgan fingerprint density at radius 2 is 1.70 bits per heavy atom. The van der Waals surface area contributed by atoms with Gasteiger partial charge in [0.2, 0.25) is 0 Å². The number of rotatable bonds is 6. The summed E-state index contributed by atoms with van der Waals surface area (Å²) in [7, 11) is 0. The number of nitro benzene ring substituents is 1. The molecule has 0 aliphatic carbocycles. The SMILES string of the molecule is O=C(Nc1cc(C(=O)N2CCN(c3ccc([N+](=O)[O-])cc3)CC2)ccc1N1C[C@H]2C[C@@H](C1)c1cccc(=O)n1C2)c1ccc(Br)o1. The van der Waals surface area contributed by atoms with Gasteiger partial charge < -0.3 is 29.0 Å². The average Bonchev–Trinajstić information content (AvgIpc) is 3.51. The quantitative estimate of drug-likeness (QED) is 0.223. The van der Waals surface area contributed by atoms with Crippen LogP contribution < -0.4 is 20.7 Å². The van der Waals surface area contributed by atoms with Crippen molar-refractivity contribution >= 4 is 50.5 Å². The smallest absolute Gasteiger partial charge is 0.291 e. The van der Waals surface area contributed by atoms with Gasteiger partial charge in [0.15, 0.2) is 10.4 Å². The highest BCUT2D eigenvalue weighted by atomic mass is 79.9. The van der Waals surface area contributed by atoms with E-state index >= 15 is 0 Å². The normalized spacial score (nSPS) is 19.0. The zero-order chi connectivity index (χ0) is 31.9. The number of nitrogens with one attached hydrogen (secondary N) is 1. The number of piperazine rings is 1. The number of nitro groups is 1. The molecule has 0 radical (unpaired) electrons. The van der Waals surface area contributed by atoms with Crippen LogP contribution in [0.25, 0.3) is 0 Å². The second-order valence-electron chi connectivity index (χ2n) is 11.9. The first-order valence-corrected chi connectivity index (χ1v) is 16.0. The van der Waals surface area contributed by atoms with Gasteiger partial charge in [-0.1, -0.05) is 6.07 Å². The number of carbonyl (C=O) groups excluding carboxylic acids is 2. The number of carbonyl (C=O) groups is 2. The number of aromatic nitrogens is 1. The molecule has 5 heterocycles. The van der Waals surface area contributed by atoms with E-state index in [0.717, 1.165) is 23.5 Å². The number of furan rings is 1. The van der Waals surface area contributed by atoms with Crippen molar-refractivity contribution in [2.24, 2.45) is 5.92 Å². The molecular weight excluding hydrogens is 656 g/mol. The summed E-state index contributed by atoms with van der Waals surface area (Å²) in [4.78, 5) is 56.3. The Bertz CT molecular complexity index is 1880. The van der Waals surface area contributed by atoms with Crippen molar-refractivity contribution in [1.82, 2.24) is 9.47 Å². The van der Waals surface area contributed by atoms with Gasteiger partial charge in [0.1, 0.15) is 0 Å². The fourth-order valence-corrected chi connectivity index (χ4v) is 7.20. The Morgan fingerprint density at radius 3 is 2.41 bits per heavy atom. The summed E-state index contributed by atoms with van der Waals surface area (Å²) in [6, 6.07) is 20.5. The summed E-state index contributed by atoms with van der Waals surface area (Å²) in [6.07, 6.45) is 0.991. The van der Waals surface area contributed by atoms with Gasteiger partial charge in [0.05, 0.1) is 16.3 Å². The molecule has 0 saturated carbocycles. The zero-order valence-electron chi connectivity index (χ0n) is 24.8. The molecular formula is C33H31BrN6O6. The highest BCUT2D eigenvalue weighted by Gasteiger charge is 2.36. The molecule has 2 aromatic carbocycles. The third-order valence-electron chi connectivity index (χ3n) is 9.10. The number of non-ortho nitro benzene ring substituents is 1. The largest absolute Gasteiger partial charge is 0.444 e. The third kappa shape index (κ3) is 5.78. The Kier molecular flexibility index (Phi) is 7.85. The van der Waals surface area contributed by atoms with Crippen LogP contribution in [0.15, 0.2) is 86.7 Å². The number of anilines is 3. The maximum absolute atomic E-state index is 13.7. The van der Waals surface area contributed by atoms with Crippen molar-refractivity contribution in [3.8, 4) is 0 Å². The number of hydrogen-bond donors (Lipinski definition) is 1. The van der Waals surface area contributed by atoms with Crippen LogP contribution in [0.2, 0.25) is 0 Å². The topological polar surface area (TPSA) is 134 Å². The van der Waals surface area contributed by atoms with E-state index < -0.39 is 10.8 Å². The molecule has 12 nitrogen and oxygen atoms in total. The summed E-state index contributed by atoms with van der Waals surface area (Å²) >= 11 is 3.25. The fraction of sp³-hybridized carbons (Fsp3) is 0.303. The monoisotopic (exact) mass is 686 g/mol. The van der Waals surface area contributed by atoms with E-state index in [4.69, 9.17) is 4.42 Å². The van der Waals surface area contributed by atoms with Gasteiger partial charge in [-0.05, 0) is 76.8 Å². The van der Waals surface area contributed by atoms with Crippen molar-refractivity contribution in [3.05, 3.63) is 115 Å². The number of piperidine rings is 1. The minimum atomic E-state index is -0.428. The summed E-state index contributed by atoms with van der Waals surface area (Å²) in [5.41, 5.74) is 3.73.